The Labute approximate surface area is 54.2 Å². The van der Waals surface area contributed by atoms with Gasteiger partial charge in [0.05, 0.1) is 0 Å². The summed E-state index contributed by atoms with van der Waals surface area (Å²) in [5.41, 5.74) is 0. The van der Waals surface area contributed by atoms with Gasteiger partial charge in [-0.3, -0.25) is 4.79 Å². The Morgan fingerprint density at radius 1 is 1.75 bits per heavy atom. The van der Waals surface area contributed by atoms with E-state index in [1.807, 2.05) is 12.3 Å². The molecule has 2 heteroatoms. The van der Waals surface area contributed by atoms with Crippen molar-refractivity contribution < 1.29 is 4.79 Å². The molecule has 0 aliphatic heterocycles. The molecule has 0 aromatic carbocycles. The summed E-state index contributed by atoms with van der Waals surface area (Å²) in [6, 6.07) is 0. The van der Waals surface area contributed by atoms with Crippen molar-refractivity contribution in [1.29, 1.82) is 0 Å². The van der Waals surface area contributed by atoms with Gasteiger partial charge in [-0.15, -0.1) is 0 Å². The van der Waals surface area contributed by atoms with Crippen LogP contribution in [0.3, 0.4) is 0 Å². The number of rotatable bonds is 3. The molecule has 0 N–H and O–H groups in total. The second-order valence-corrected chi connectivity index (χ2v) is 2.38. The van der Waals surface area contributed by atoms with Crippen LogP contribution in [0.25, 0.3) is 0 Å². The molecule has 8 heavy (non-hydrogen) atoms. The molecule has 0 fully saturated rings. The van der Waals surface area contributed by atoms with Gasteiger partial charge in [-0.05, 0) is 19.3 Å². The first kappa shape index (κ1) is 7.76. The van der Waals surface area contributed by atoms with E-state index in [-0.39, 0.29) is 5.78 Å². The van der Waals surface area contributed by atoms with Crippen molar-refractivity contribution in [3.05, 3.63) is 12.2 Å². The predicted molar refractivity (Wildman–Crippen MR) is 38.2 cm³/mol. The third-order valence-corrected chi connectivity index (χ3v) is 1.14. The SMILES string of the molecule is CSCC=CC(C)=O. The Hall–Kier alpha value is -0.240. The zero-order valence-electron chi connectivity index (χ0n) is 5.18. The minimum atomic E-state index is 0.124. The van der Waals surface area contributed by atoms with Gasteiger partial charge in [0.1, 0.15) is 0 Å². The second kappa shape index (κ2) is 4.91. The summed E-state index contributed by atoms with van der Waals surface area (Å²) >= 11 is 1.70. The van der Waals surface area contributed by atoms with E-state index in [4.69, 9.17) is 0 Å². The van der Waals surface area contributed by atoms with Crippen molar-refractivity contribution >= 4 is 17.5 Å². The predicted octanol–water partition coefficient (Wildman–Crippen LogP) is 1.49. The maximum atomic E-state index is 10.2. The molecule has 0 aromatic heterocycles. The lowest BCUT2D eigenvalue weighted by Gasteiger charge is -1.80. The quantitative estimate of drug-likeness (QED) is 0.538. The van der Waals surface area contributed by atoms with Crippen molar-refractivity contribution in [2.24, 2.45) is 0 Å². The van der Waals surface area contributed by atoms with Crippen LogP contribution in [0.2, 0.25) is 0 Å². The second-order valence-electron chi connectivity index (χ2n) is 1.47. The van der Waals surface area contributed by atoms with Crippen LogP contribution in [0.1, 0.15) is 6.92 Å². The number of carbonyl (C=O) groups excluding carboxylic acids is 1. The maximum absolute atomic E-state index is 10.2. The first-order chi connectivity index (χ1) is 3.77. The summed E-state index contributed by atoms with van der Waals surface area (Å²) in [6.07, 6.45) is 5.47. The van der Waals surface area contributed by atoms with Gasteiger partial charge in [-0.25, -0.2) is 0 Å². The van der Waals surface area contributed by atoms with E-state index in [9.17, 15) is 4.79 Å². The molecular formula is C6H10OS. The van der Waals surface area contributed by atoms with Gasteiger partial charge in [-0.1, -0.05) is 6.08 Å². The lowest BCUT2D eigenvalue weighted by molar-refractivity contribution is -0.112. The van der Waals surface area contributed by atoms with E-state index in [0.717, 1.165) is 5.75 Å². The zero-order chi connectivity index (χ0) is 6.41. The fraction of sp³-hybridized carbons (Fsp3) is 0.500. The van der Waals surface area contributed by atoms with Crippen LogP contribution in [0.15, 0.2) is 12.2 Å². The molecule has 0 radical (unpaired) electrons. The monoisotopic (exact) mass is 130 g/mol. The molecule has 0 spiro atoms. The Morgan fingerprint density at radius 2 is 2.38 bits per heavy atom. The summed E-state index contributed by atoms with van der Waals surface area (Å²) in [5, 5.41) is 0. The van der Waals surface area contributed by atoms with Gasteiger partial charge in [0.25, 0.3) is 0 Å². The first-order valence-electron chi connectivity index (χ1n) is 2.43. The molecule has 0 bridgehead atoms. The number of thioether (sulfide) groups is 1. The van der Waals surface area contributed by atoms with Crippen LogP contribution in [0.5, 0.6) is 0 Å². The normalized spacial score (nSPS) is 10.2. The van der Waals surface area contributed by atoms with Crippen molar-refractivity contribution in [3.63, 3.8) is 0 Å². The molecule has 0 unspecified atom stereocenters. The fourth-order valence-electron chi connectivity index (χ4n) is 0.310. The molecule has 0 atom stereocenters. The highest BCUT2D eigenvalue weighted by Gasteiger charge is 1.78. The minimum absolute atomic E-state index is 0.124. The van der Waals surface area contributed by atoms with Gasteiger partial charge >= 0.3 is 0 Å². The minimum Gasteiger partial charge on any atom is -0.295 e. The number of allylic oxidation sites excluding steroid dienone is 1. The Balaban J connectivity index is 3.20. The number of hydrogen-bond donors (Lipinski definition) is 0. The van der Waals surface area contributed by atoms with Crippen LogP contribution in [-0.4, -0.2) is 17.8 Å². The number of ketones is 1. The summed E-state index contributed by atoms with van der Waals surface area (Å²) in [6.45, 7) is 1.55. The maximum Gasteiger partial charge on any atom is 0.152 e. The number of carbonyl (C=O) groups is 1. The van der Waals surface area contributed by atoms with Crippen LogP contribution in [0.4, 0.5) is 0 Å². The Kier molecular flexibility index (Phi) is 4.76. The summed E-state index contributed by atoms with van der Waals surface area (Å²) in [5.74, 6) is 1.05. The largest absolute Gasteiger partial charge is 0.295 e. The van der Waals surface area contributed by atoms with Gasteiger partial charge in [0.15, 0.2) is 5.78 Å². The van der Waals surface area contributed by atoms with Crippen molar-refractivity contribution in [2.75, 3.05) is 12.0 Å². The standard InChI is InChI=1S/C6H10OS/c1-6(7)4-3-5-8-2/h3-4H,5H2,1-2H3. The summed E-state index contributed by atoms with van der Waals surface area (Å²) in [4.78, 5) is 10.2. The highest BCUT2D eigenvalue weighted by molar-refractivity contribution is 7.98. The van der Waals surface area contributed by atoms with E-state index in [2.05, 4.69) is 0 Å². The molecule has 0 aliphatic rings. The lowest BCUT2D eigenvalue weighted by Crippen LogP contribution is -1.79. The van der Waals surface area contributed by atoms with E-state index in [1.165, 1.54) is 0 Å². The molecule has 0 saturated heterocycles. The smallest absolute Gasteiger partial charge is 0.152 e. The van der Waals surface area contributed by atoms with Crippen molar-refractivity contribution in [2.45, 2.75) is 6.92 Å². The number of hydrogen-bond acceptors (Lipinski definition) is 2. The highest BCUT2D eigenvalue weighted by atomic mass is 32.2. The Morgan fingerprint density at radius 3 is 2.75 bits per heavy atom. The summed E-state index contributed by atoms with van der Waals surface area (Å²) < 4.78 is 0. The molecular weight excluding hydrogens is 120 g/mol. The zero-order valence-corrected chi connectivity index (χ0v) is 5.99. The molecule has 0 amide bonds. The van der Waals surface area contributed by atoms with E-state index in [1.54, 1.807) is 24.8 Å². The Bertz CT molecular complexity index is 96.7. The molecule has 0 aromatic rings. The van der Waals surface area contributed by atoms with Gasteiger partial charge in [0.2, 0.25) is 0 Å². The average molecular weight is 130 g/mol. The molecule has 0 rings (SSSR count). The molecule has 0 aliphatic carbocycles. The molecule has 1 nitrogen and oxygen atoms in total. The highest BCUT2D eigenvalue weighted by Crippen LogP contribution is 1.90. The van der Waals surface area contributed by atoms with Gasteiger partial charge < -0.3 is 0 Å². The third kappa shape index (κ3) is 5.76. The molecule has 0 heterocycles. The van der Waals surface area contributed by atoms with Gasteiger partial charge in [0, 0.05) is 5.75 Å². The van der Waals surface area contributed by atoms with Crippen molar-refractivity contribution in [1.82, 2.24) is 0 Å². The van der Waals surface area contributed by atoms with Crippen molar-refractivity contribution in [3.8, 4) is 0 Å². The summed E-state index contributed by atoms with van der Waals surface area (Å²) in [7, 11) is 0. The average Bonchev–Trinajstić information content (AvgIpc) is 1.66. The van der Waals surface area contributed by atoms with Gasteiger partial charge in [-0.2, -0.15) is 11.8 Å². The lowest BCUT2D eigenvalue weighted by atomic mass is 10.4. The van der Waals surface area contributed by atoms with Crippen LogP contribution in [0, 0.1) is 0 Å². The van der Waals surface area contributed by atoms with Crippen LogP contribution >= 0.6 is 11.8 Å². The third-order valence-electron chi connectivity index (χ3n) is 0.615. The van der Waals surface area contributed by atoms with E-state index in [0.29, 0.717) is 0 Å². The molecule has 46 valence electrons. The van der Waals surface area contributed by atoms with Crippen LogP contribution < -0.4 is 0 Å². The fourth-order valence-corrected chi connectivity index (χ4v) is 0.599. The van der Waals surface area contributed by atoms with E-state index >= 15 is 0 Å². The van der Waals surface area contributed by atoms with E-state index < -0.39 is 0 Å². The topological polar surface area (TPSA) is 17.1 Å². The first-order valence-corrected chi connectivity index (χ1v) is 3.83. The van der Waals surface area contributed by atoms with Crippen LogP contribution in [-0.2, 0) is 4.79 Å². The molecule has 0 saturated carbocycles.